The van der Waals surface area contributed by atoms with E-state index in [4.69, 9.17) is 9.62 Å². The van der Waals surface area contributed by atoms with Gasteiger partial charge in [0.2, 0.25) is 0 Å². The SMILES string of the molecule is O=C(NCc1noc(-c2nn(CCn3ccnc3)c3ccccc23)n1)c1cccc2[nH]ccc12. The van der Waals surface area contributed by atoms with Crippen LogP contribution < -0.4 is 5.32 Å². The van der Waals surface area contributed by atoms with E-state index in [1.807, 2.05) is 64.1 Å². The first-order valence-electron chi connectivity index (χ1n) is 10.8. The second kappa shape index (κ2) is 8.32. The first-order chi connectivity index (χ1) is 16.8. The van der Waals surface area contributed by atoms with Gasteiger partial charge in [0.05, 0.1) is 24.9 Å². The number of aromatic nitrogens is 7. The molecule has 10 nitrogen and oxygen atoms in total. The molecule has 10 heteroatoms. The van der Waals surface area contributed by atoms with Crippen molar-refractivity contribution in [2.45, 2.75) is 19.6 Å². The first kappa shape index (κ1) is 19.9. The van der Waals surface area contributed by atoms with Crippen molar-refractivity contribution in [1.82, 2.24) is 39.8 Å². The van der Waals surface area contributed by atoms with Crippen molar-refractivity contribution in [3.05, 3.63) is 84.8 Å². The maximum absolute atomic E-state index is 12.7. The lowest BCUT2D eigenvalue weighted by molar-refractivity contribution is 0.0951. The Kier molecular flexibility index (Phi) is 4.87. The van der Waals surface area contributed by atoms with Crippen LogP contribution in [0, 0.1) is 0 Å². The van der Waals surface area contributed by atoms with Gasteiger partial charge in [-0.25, -0.2) is 4.98 Å². The van der Waals surface area contributed by atoms with Crippen molar-refractivity contribution in [1.29, 1.82) is 0 Å². The summed E-state index contributed by atoms with van der Waals surface area (Å²) >= 11 is 0. The van der Waals surface area contributed by atoms with Crippen LogP contribution in [0.15, 0.2) is 78.0 Å². The topological polar surface area (TPSA) is 119 Å². The number of para-hydroxylation sites is 1. The third kappa shape index (κ3) is 3.60. The summed E-state index contributed by atoms with van der Waals surface area (Å²) in [4.78, 5) is 24.4. The Morgan fingerprint density at radius 2 is 2.00 bits per heavy atom. The number of aromatic amines is 1. The Morgan fingerprint density at radius 1 is 1.06 bits per heavy atom. The Labute approximate surface area is 193 Å². The van der Waals surface area contributed by atoms with Crippen LogP contribution in [0.25, 0.3) is 33.4 Å². The van der Waals surface area contributed by atoms with Crippen molar-refractivity contribution in [3.63, 3.8) is 0 Å². The number of amides is 1. The molecule has 2 aromatic carbocycles. The number of aryl methyl sites for hydroxylation is 2. The number of carbonyl (C=O) groups is 1. The van der Waals surface area contributed by atoms with Crippen LogP contribution in [0.2, 0.25) is 0 Å². The predicted octanol–water partition coefficient (Wildman–Crippen LogP) is 3.39. The minimum atomic E-state index is -0.203. The quantitative estimate of drug-likeness (QED) is 0.383. The van der Waals surface area contributed by atoms with Crippen LogP contribution in [0.5, 0.6) is 0 Å². The van der Waals surface area contributed by atoms with Crippen molar-refractivity contribution in [2.75, 3.05) is 0 Å². The average Bonchev–Trinajstić information content (AvgIpc) is 3.66. The van der Waals surface area contributed by atoms with Gasteiger partial charge in [-0.15, -0.1) is 0 Å². The summed E-state index contributed by atoms with van der Waals surface area (Å²) in [7, 11) is 0. The zero-order chi connectivity index (χ0) is 22.9. The van der Waals surface area contributed by atoms with Gasteiger partial charge in [-0.05, 0) is 24.3 Å². The summed E-state index contributed by atoms with van der Waals surface area (Å²) < 4.78 is 9.43. The Morgan fingerprint density at radius 3 is 2.91 bits per heavy atom. The Balaban J connectivity index is 1.21. The highest BCUT2D eigenvalue weighted by atomic mass is 16.5. The Hall–Kier alpha value is -4.73. The first-order valence-corrected chi connectivity index (χ1v) is 10.8. The highest BCUT2D eigenvalue weighted by Gasteiger charge is 2.19. The van der Waals surface area contributed by atoms with Gasteiger partial charge in [-0.1, -0.05) is 29.4 Å². The molecular weight excluding hydrogens is 432 g/mol. The minimum absolute atomic E-state index is 0.141. The fourth-order valence-electron chi connectivity index (χ4n) is 4.04. The number of H-pyrrole nitrogens is 1. The van der Waals surface area contributed by atoms with Crippen molar-refractivity contribution in [3.8, 4) is 11.6 Å². The number of hydrogen-bond donors (Lipinski definition) is 2. The van der Waals surface area contributed by atoms with E-state index in [1.54, 1.807) is 18.6 Å². The van der Waals surface area contributed by atoms with E-state index in [1.165, 1.54) is 0 Å². The number of fused-ring (bicyclic) bond motifs is 2. The van der Waals surface area contributed by atoms with Gasteiger partial charge in [-0.3, -0.25) is 9.48 Å². The molecule has 168 valence electrons. The molecule has 0 fully saturated rings. The smallest absolute Gasteiger partial charge is 0.279 e. The zero-order valence-corrected chi connectivity index (χ0v) is 18.0. The lowest BCUT2D eigenvalue weighted by atomic mass is 10.1. The van der Waals surface area contributed by atoms with Crippen LogP contribution in [0.4, 0.5) is 0 Å². The molecule has 0 spiro atoms. The summed E-state index contributed by atoms with van der Waals surface area (Å²) in [5.74, 6) is 0.488. The molecule has 0 bridgehead atoms. The van der Waals surface area contributed by atoms with E-state index in [0.29, 0.717) is 29.5 Å². The van der Waals surface area contributed by atoms with Gasteiger partial charge in [0.15, 0.2) is 11.5 Å². The number of hydrogen-bond acceptors (Lipinski definition) is 6. The molecule has 0 aliphatic heterocycles. The number of rotatable bonds is 7. The second-order valence-corrected chi connectivity index (χ2v) is 7.83. The molecule has 0 aliphatic rings. The lowest BCUT2D eigenvalue weighted by Crippen LogP contribution is -2.23. The van der Waals surface area contributed by atoms with Gasteiger partial charge in [0.1, 0.15) is 0 Å². The van der Waals surface area contributed by atoms with E-state index in [9.17, 15) is 4.79 Å². The molecule has 1 amide bonds. The van der Waals surface area contributed by atoms with Gasteiger partial charge in [0, 0.05) is 47.0 Å². The molecular formula is C24H20N8O2. The van der Waals surface area contributed by atoms with E-state index in [-0.39, 0.29) is 12.5 Å². The third-order valence-corrected chi connectivity index (χ3v) is 5.70. The van der Waals surface area contributed by atoms with E-state index < -0.39 is 0 Å². The number of nitrogens with zero attached hydrogens (tertiary/aromatic N) is 6. The number of benzene rings is 2. The molecule has 6 aromatic rings. The van der Waals surface area contributed by atoms with Crippen LogP contribution in [-0.4, -0.2) is 40.4 Å². The highest BCUT2D eigenvalue weighted by molar-refractivity contribution is 6.06. The Bertz CT molecular complexity index is 1590. The second-order valence-electron chi connectivity index (χ2n) is 7.83. The molecule has 2 N–H and O–H groups in total. The maximum atomic E-state index is 12.7. The van der Waals surface area contributed by atoms with Crippen molar-refractivity contribution < 1.29 is 9.32 Å². The van der Waals surface area contributed by atoms with Crippen LogP contribution in [0.1, 0.15) is 16.2 Å². The summed E-state index contributed by atoms with van der Waals surface area (Å²) in [6, 6.07) is 15.4. The molecule has 4 aromatic heterocycles. The normalized spacial score (nSPS) is 11.4. The standard InChI is InChI=1S/C24H20N8O2/c33-23(17-5-3-6-19-16(17)8-9-26-19)27-14-21-28-24(34-30-21)22-18-4-1-2-7-20(18)32(29-22)13-12-31-11-10-25-15-31/h1-11,15,26H,12-14H2,(H,27,33). The largest absolute Gasteiger partial charge is 0.361 e. The summed E-state index contributed by atoms with van der Waals surface area (Å²) in [5.41, 5.74) is 3.09. The van der Waals surface area contributed by atoms with Gasteiger partial charge in [0.25, 0.3) is 11.8 Å². The summed E-state index contributed by atoms with van der Waals surface area (Å²) in [6.07, 6.45) is 7.26. The molecule has 0 aliphatic carbocycles. The van der Waals surface area contributed by atoms with Gasteiger partial charge in [-0.2, -0.15) is 10.1 Å². The third-order valence-electron chi connectivity index (χ3n) is 5.70. The predicted molar refractivity (Wildman–Crippen MR) is 125 cm³/mol. The maximum Gasteiger partial charge on any atom is 0.279 e. The number of imidazole rings is 1. The fraction of sp³-hybridized carbons (Fsp3) is 0.125. The number of carbonyl (C=O) groups excluding carboxylic acids is 1. The van der Waals surface area contributed by atoms with E-state index >= 15 is 0 Å². The summed E-state index contributed by atoms with van der Waals surface area (Å²) in [6.45, 7) is 1.54. The van der Waals surface area contributed by atoms with E-state index in [0.717, 1.165) is 28.4 Å². The fourth-order valence-corrected chi connectivity index (χ4v) is 4.04. The lowest BCUT2D eigenvalue weighted by Gasteiger charge is -2.04. The van der Waals surface area contributed by atoms with E-state index in [2.05, 4.69) is 25.4 Å². The van der Waals surface area contributed by atoms with Gasteiger partial charge >= 0.3 is 0 Å². The average molecular weight is 452 g/mol. The number of nitrogens with one attached hydrogen (secondary N) is 2. The highest BCUT2D eigenvalue weighted by Crippen LogP contribution is 2.27. The zero-order valence-electron chi connectivity index (χ0n) is 18.0. The molecule has 0 saturated heterocycles. The molecule has 0 unspecified atom stereocenters. The molecule has 6 rings (SSSR count). The molecule has 34 heavy (non-hydrogen) atoms. The monoisotopic (exact) mass is 452 g/mol. The summed E-state index contributed by atoms with van der Waals surface area (Å²) in [5, 5.41) is 13.4. The van der Waals surface area contributed by atoms with Crippen LogP contribution in [-0.2, 0) is 19.6 Å². The molecule has 0 saturated carbocycles. The van der Waals surface area contributed by atoms with Crippen molar-refractivity contribution >= 4 is 27.7 Å². The molecule has 0 radical (unpaired) electrons. The minimum Gasteiger partial charge on any atom is -0.361 e. The van der Waals surface area contributed by atoms with Crippen LogP contribution >= 0.6 is 0 Å². The van der Waals surface area contributed by atoms with Crippen molar-refractivity contribution in [2.24, 2.45) is 0 Å². The molecule has 4 heterocycles. The molecule has 0 atom stereocenters. The van der Waals surface area contributed by atoms with Crippen LogP contribution in [0.3, 0.4) is 0 Å². The van der Waals surface area contributed by atoms with Gasteiger partial charge < -0.3 is 19.4 Å².